The molecule has 0 aliphatic carbocycles. The number of hydrogen-bond donors (Lipinski definition) is 0. The lowest BCUT2D eigenvalue weighted by Crippen LogP contribution is -2.08. The molecule has 8 heteroatoms. The van der Waals surface area contributed by atoms with Gasteiger partial charge in [-0.1, -0.05) is 133 Å². The van der Waals surface area contributed by atoms with Crippen molar-refractivity contribution in [3.8, 4) is 39.5 Å². The van der Waals surface area contributed by atoms with E-state index in [1.807, 2.05) is 30.3 Å². The van der Waals surface area contributed by atoms with Crippen molar-refractivity contribution < 1.29 is 9.15 Å². The van der Waals surface area contributed by atoms with Crippen molar-refractivity contribution in [2.24, 2.45) is 0 Å². The molecule has 0 saturated carbocycles. The molecule has 6 nitrogen and oxygen atoms in total. The number of furan rings is 1. The van der Waals surface area contributed by atoms with Crippen LogP contribution in [0.25, 0.3) is 105 Å². The molecule has 8 aromatic carbocycles. The van der Waals surface area contributed by atoms with Crippen LogP contribution in [0.3, 0.4) is 0 Å². The number of hydrogen-bond acceptors (Lipinski definition) is 4. The molecule has 0 saturated heterocycles. The normalized spacial score (nSPS) is 12.5. The molecule has 0 bridgehead atoms. The van der Waals surface area contributed by atoms with Gasteiger partial charge in [0.05, 0.1) is 22.2 Å². The number of benzene rings is 8. The minimum Gasteiger partial charge on any atom is -0.487 e. The molecular formula is C55H34ClIN4O2. The number of ether oxygens (including phenoxy) is 1. The molecule has 12 aromatic rings. The van der Waals surface area contributed by atoms with Crippen LogP contribution in [-0.4, -0.2) is 19.1 Å². The second-order valence-electron chi connectivity index (χ2n) is 15.9. The molecule has 0 atom stereocenters. The second-order valence-corrected chi connectivity index (χ2v) is 16.2. The van der Waals surface area contributed by atoms with Crippen LogP contribution in [0.2, 0.25) is 5.15 Å². The molecule has 0 amide bonds. The first-order valence-electron chi connectivity index (χ1n) is 20.6. The summed E-state index contributed by atoms with van der Waals surface area (Å²) in [6.07, 6.45) is 0. The summed E-state index contributed by atoms with van der Waals surface area (Å²) in [6, 6.07) is 61.7. The van der Waals surface area contributed by atoms with Crippen LogP contribution in [-0.2, 0) is 6.61 Å². The Morgan fingerprint density at radius 1 is 0.540 bits per heavy atom. The average molecular weight is 945 g/mol. The quantitative estimate of drug-likeness (QED) is 0.166. The van der Waals surface area contributed by atoms with Crippen LogP contribution < -0.4 is 4.74 Å². The third kappa shape index (κ3) is 5.63. The Balaban J connectivity index is 0.00000421. The van der Waals surface area contributed by atoms with Gasteiger partial charge in [0.2, 0.25) is 5.71 Å². The molecule has 1 aliphatic heterocycles. The maximum Gasteiger partial charge on any atom is 0.247 e. The van der Waals surface area contributed by atoms with Crippen LogP contribution in [0.15, 0.2) is 187 Å². The molecule has 0 fully saturated rings. The lowest BCUT2D eigenvalue weighted by Gasteiger charge is -2.17. The van der Waals surface area contributed by atoms with Crippen molar-refractivity contribution in [3.05, 3.63) is 204 Å². The van der Waals surface area contributed by atoms with E-state index < -0.39 is 0 Å². The lowest BCUT2D eigenvalue weighted by molar-refractivity contribution is 0.300. The van der Waals surface area contributed by atoms with E-state index in [1.54, 1.807) is 0 Å². The van der Waals surface area contributed by atoms with Gasteiger partial charge in [0.15, 0.2) is 11.0 Å². The predicted octanol–water partition coefficient (Wildman–Crippen LogP) is 15.1. The summed E-state index contributed by atoms with van der Waals surface area (Å²) in [5, 5.41) is 6.78. The highest BCUT2D eigenvalue weighted by molar-refractivity contribution is 14.0. The van der Waals surface area contributed by atoms with Gasteiger partial charge < -0.3 is 13.7 Å². The summed E-state index contributed by atoms with van der Waals surface area (Å²) < 4.78 is 17.5. The molecule has 0 unspecified atom stereocenters. The van der Waals surface area contributed by atoms with Crippen molar-refractivity contribution in [1.29, 1.82) is 0 Å². The van der Waals surface area contributed by atoms with Gasteiger partial charge in [-0.15, -0.1) is 24.0 Å². The number of para-hydroxylation sites is 4. The molecular weight excluding hydrogens is 911 g/mol. The van der Waals surface area contributed by atoms with E-state index in [1.165, 1.54) is 21.8 Å². The third-order valence-corrected chi connectivity index (χ3v) is 12.8. The van der Waals surface area contributed by atoms with Gasteiger partial charge in [-0.25, -0.2) is 4.98 Å². The van der Waals surface area contributed by atoms with E-state index in [4.69, 9.17) is 37.3 Å². The zero-order chi connectivity index (χ0) is 41.1. The molecule has 1 aliphatic rings. The smallest absolute Gasteiger partial charge is 0.247 e. The van der Waals surface area contributed by atoms with Gasteiger partial charge in [-0.2, -0.15) is 4.98 Å². The predicted molar refractivity (Wildman–Crippen MR) is 268 cm³/mol. The molecule has 4 aromatic heterocycles. The standard InChI is InChI=1S/C55H33ClN4O2.HI/c1-32-37-15-5-6-17-40(37)51-41-18-8-11-21-45(41)60(54-53(56)58-55-52(57-54)42-19-9-12-22-48(42)62-55)47(51)31-61-49-28-25-35-29-33(23-26-38(35)50(32)49)34-24-27-46-43(30-34)39-16-7-10-20-44(39)59(46)36-13-3-2-4-14-36;/h2-30H,1,31H2;1H. The summed E-state index contributed by atoms with van der Waals surface area (Å²) in [7, 11) is 0. The molecule has 13 rings (SSSR count). The Bertz CT molecular complexity index is 3860. The number of rotatable bonds is 3. The van der Waals surface area contributed by atoms with Crippen molar-refractivity contribution in [3.63, 3.8) is 0 Å². The highest BCUT2D eigenvalue weighted by Crippen LogP contribution is 2.47. The van der Waals surface area contributed by atoms with Gasteiger partial charge in [0.1, 0.15) is 23.5 Å². The van der Waals surface area contributed by atoms with Gasteiger partial charge in [-0.05, 0) is 99.3 Å². The van der Waals surface area contributed by atoms with E-state index >= 15 is 0 Å². The van der Waals surface area contributed by atoms with Crippen LogP contribution in [0.5, 0.6) is 5.75 Å². The van der Waals surface area contributed by atoms with Crippen molar-refractivity contribution in [2.45, 2.75) is 6.61 Å². The maximum absolute atomic E-state index is 7.07. The highest BCUT2D eigenvalue weighted by Gasteiger charge is 2.28. The first-order valence-corrected chi connectivity index (χ1v) is 21.0. The number of halogens is 2. The first kappa shape index (κ1) is 37.6. The fourth-order valence-corrected chi connectivity index (χ4v) is 9.99. The number of nitrogens with zero attached hydrogens (tertiary/aromatic N) is 4. The molecule has 0 N–H and O–H groups in total. The minimum atomic E-state index is 0. The largest absolute Gasteiger partial charge is 0.487 e. The van der Waals surface area contributed by atoms with Crippen molar-refractivity contribution in [2.75, 3.05) is 0 Å². The zero-order valence-corrected chi connectivity index (χ0v) is 36.6. The van der Waals surface area contributed by atoms with Gasteiger partial charge >= 0.3 is 0 Å². The van der Waals surface area contributed by atoms with E-state index in [0.29, 0.717) is 22.6 Å². The first-order chi connectivity index (χ1) is 30.6. The second kappa shape index (κ2) is 14.4. The van der Waals surface area contributed by atoms with E-state index in [2.05, 4.69) is 155 Å². The molecule has 63 heavy (non-hydrogen) atoms. The Morgan fingerprint density at radius 2 is 1.21 bits per heavy atom. The summed E-state index contributed by atoms with van der Waals surface area (Å²) >= 11 is 7.07. The topological polar surface area (TPSA) is 58.0 Å². The van der Waals surface area contributed by atoms with Crippen LogP contribution in [0.4, 0.5) is 0 Å². The van der Waals surface area contributed by atoms with Gasteiger partial charge in [-0.3, -0.25) is 4.57 Å². The van der Waals surface area contributed by atoms with E-state index in [-0.39, 0.29) is 35.7 Å². The van der Waals surface area contributed by atoms with Gasteiger partial charge in [0, 0.05) is 38.4 Å². The summed E-state index contributed by atoms with van der Waals surface area (Å²) in [6.45, 7) is 5.04. The van der Waals surface area contributed by atoms with Crippen molar-refractivity contribution in [1.82, 2.24) is 19.1 Å². The molecule has 5 heterocycles. The monoisotopic (exact) mass is 944 g/mol. The Morgan fingerprint density at radius 3 is 2.05 bits per heavy atom. The average Bonchev–Trinajstić information content (AvgIpc) is 3.97. The summed E-state index contributed by atoms with van der Waals surface area (Å²) in [5.74, 6) is 1.26. The number of aromatic nitrogens is 4. The highest BCUT2D eigenvalue weighted by atomic mass is 127. The van der Waals surface area contributed by atoms with E-state index in [0.717, 1.165) is 83.1 Å². The fourth-order valence-electron chi connectivity index (χ4n) is 9.78. The fraction of sp³-hybridized carbons (Fsp3) is 0.0182. The van der Waals surface area contributed by atoms with Crippen molar-refractivity contribution >= 4 is 107 Å². The maximum atomic E-state index is 7.07. The Hall–Kier alpha value is -7.20. The van der Waals surface area contributed by atoms with Crippen LogP contribution >= 0.6 is 35.6 Å². The lowest BCUT2D eigenvalue weighted by atomic mass is 9.87. The molecule has 300 valence electrons. The minimum absolute atomic E-state index is 0. The van der Waals surface area contributed by atoms with Crippen LogP contribution in [0.1, 0.15) is 16.8 Å². The third-order valence-electron chi connectivity index (χ3n) is 12.5. The zero-order valence-electron chi connectivity index (χ0n) is 33.5. The SMILES string of the molecule is C=C1c2ccccc2-c2c(n(-c3nc4c(nc3Cl)oc3ccccc34)c3ccccc23)COc2ccc3cc(-c4ccc5c(c4)c4ccccc4n5-c4ccccc4)ccc3c21.I. The van der Waals surface area contributed by atoms with Gasteiger partial charge in [0.25, 0.3) is 0 Å². The number of fused-ring (bicyclic) bond motifs is 14. The Kier molecular flexibility index (Phi) is 8.61. The van der Waals surface area contributed by atoms with E-state index in [9.17, 15) is 0 Å². The van der Waals surface area contributed by atoms with Crippen LogP contribution in [0, 0.1) is 0 Å². The molecule has 0 radical (unpaired) electrons. The molecule has 0 spiro atoms. The summed E-state index contributed by atoms with van der Waals surface area (Å²) in [4.78, 5) is 9.92. The summed E-state index contributed by atoms with van der Waals surface area (Å²) in [5.41, 5.74) is 14.4. The Labute approximate surface area is 383 Å².